The van der Waals surface area contributed by atoms with Crippen molar-refractivity contribution in [3.63, 3.8) is 0 Å². The number of aryl methyl sites for hydroxylation is 1. The molecule has 254 valence electrons. The van der Waals surface area contributed by atoms with Gasteiger partial charge in [-0.25, -0.2) is 9.78 Å². The molecule has 3 N–H and O–H groups in total. The first-order valence-electron chi connectivity index (χ1n) is 17.4. The van der Waals surface area contributed by atoms with Crippen molar-refractivity contribution in [1.29, 1.82) is 0 Å². The maximum atomic E-state index is 14.3. The Hall–Kier alpha value is -4.45. The van der Waals surface area contributed by atoms with E-state index in [9.17, 15) is 9.59 Å². The lowest BCUT2D eigenvalue weighted by Crippen LogP contribution is -2.32. The van der Waals surface area contributed by atoms with Crippen molar-refractivity contribution in [2.75, 3.05) is 43.4 Å². The van der Waals surface area contributed by atoms with Crippen LogP contribution in [0.2, 0.25) is 0 Å². The van der Waals surface area contributed by atoms with Gasteiger partial charge in [0.25, 0.3) is 5.56 Å². The van der Waals surface area contributed by atoms with Gasteiger partial charge in [-0.1, -0.05) is 97.1 Å². The number of hydrogen-bond donors (Lipinski definition) is 3. The van der Waals surface area contributed by atoms with Crippen molar-refractivity contribution in [3.05, 3.63) is 87.8 Å². The van der Waals surface area contributed by atoms with Crippen LogP contribution in [0.15, 0.2) is 65.6 Å². The Kier molecular flexibility index (Phi) is 13.4. The van der Waals surface area contributed by atoms with Gasteiger partial charge in [0.1, 0.15) is 11.3 Å². The van der Waals surface area contributed by atoms with Crippen molar-refractivity contribution in [3.8, 4) is 23.0 Å². The van der Waals surface area contributed by atoms with Crippen molar-refractivity contribution < 1.29 is 4.79 Å². The molecule has 0 saturated carbocycles. The zero-order valence-corrected chi connectivity index (χ0v) is 29.7. The quantitative estimate of drug-likeness (QED) is 0.0951. The van der Waals surface area contributed by atoms with Gasteiger partial charge in [0.15, 0.2) is 0 Å². The number of anilines is 2. The minimum absolute atomic E-state index is 0.203. The van der Waals surface area contributed by atoms with E-state index in [1.54, 1.807) is 10.8 Å². The summed E-state index contributed by atoms with van der Waals surface area (Å²) in [4.78, 5) is 35.2. The number of rotatable bonds is 14. The number of urea groups is 1. The molecular formula is C40H52N6O2. The fourth-order valence-electron chi connectivity index (χ4n) is 6.00. The number of carbonyl (C=O) groups is 1. The Morgan fingerprint density at radius 1 is 0.917 bits per heavy atom. The van der Waals surface area contributed by atoms with Crippen LogP contribution in [0.1, 0.15) is 89.8 Å². The number of nitrogens with one attached hydrogen (secondary N) is 3. The van der Waals surface area contributed by atoms with E-state index < -0.39 is 6.03 Å². The minimum atomic E-state index is -0.458. The van der Waals surface area contributed by atoms with Crippen LogP contribution >= 0.6 is 0 Å². The smallest absolute Gasteiger partial charge is 0.307 e. The topological polar surface area (TPSA) is 91.3 Å². The van der Waals surface area contributed by atoms with E-state index in [1.165, 1.54) is 0 Å². The first kappa shape index (κ1) is 36.4. The average molecular weight is 649 g/mol. The van der Waals surface area contributed by atoms with Gasteiger partial charge < -0.3 is 20.9 Å². The van der Waals surface area contributed by atoms with Crippen LogP contribution in [-0.2, 0) is 6.54 Å². The predicted molar refractivity (Wildman–Crippen MR) is 201 cm³/mol. The van der Waals surface area contributed by atoms with Crippen LogP contribution in [-0.4, -0.2) is 53.2 Å². The highest BCUT2D eigenvalue weighted by Crippen LogP contribution is 2.35. The molecule has 2 aromatic heterocycles. The summed E-state index contributed by atoms with van der Waals surface area (Å²) in [5.41, 5.74) is 5.67. The second-order valence-corrected chi connectivity index (χ2v) is 12.7. The zero-order chi connectivity index (χ0) is 34.6. The number of fused-ring (bicyclic) bond motifs is 1. The third kappa shape index (κ3) is 8.91. The molecule has 48 heavy (non-hydrogen) atoms. The molecule has 2 amide bonds. The zero-order valence-electron chi connectivity index (χ0n) is 29.7. The van der Waals surface area contributed by atoms with Crippen LogP contribution in [0.25, 0.3) is 22.2 Å². The molecule has 0 bridgehead atoms. The number of hydrogen-bond acceptors (Lipinski definition) is 5. The second kappa shape index (κ2) is 17.6. The highest BCUT2D eigenvalue weighted by molar-refractivity contribution is 6.07. The Bertz CT molecular complexity index is 1780. The predicted octanol–water partition coefficient (Wildman–Crippen LogP) is 8.04. The third-order valence-corrected chi connectivity index (χ3v) is 8.70. The molecule has 8 heteroatoms. The summed E-state index contributed by atoms with van der Waals surface area (Å²) in [6.07, 6.45) is 3.43. The van der Waals surface area contributed by atoms with E-state index in [1.807, 2.05) is 54.6 Å². The summed E-state index contributed by atoms with van der Waals surface area (Å²) < 4.78 is 1.69. The lowest BCUT2D eigenvalue weighted by Gasteiger charge is -2.21. The molecule has 0 atom stereocenters. The molecule has 0 radical (unpaired) electrons. The fourth-order valence-corrected chi connectivity index (χ4v) is 6.00. The van der Waals surface area contributed by atoms with Crippen molar-refractivity contribution in [2.45, 2.75) is 79.7 Å². The van der Waals surface area contributed by atoms with Crippen LogP contribution in [0.3, 0.4) is 0 Å². The Balaban J connectivity index is 1.76. The van der Waals surface area contributed by atoms with Gasteiger partial charge in [0.2, 0.25) is 0 Å². The molecule has 0 unspecified atom stereocenters. The van der Waals surface area contributed by atoms with E-state index in [-0.39, 0.29) is 23.1 Å². The summed E-state index contributed by atoms with van der Waals surface area (Å²) in [5, 5.41) is 10.3. The Morgan fingerprint density at radius 3 is 2.27 bits per heavy atom. The Labute approximate surface area is 286 Å². The Morgan fingerprint density at radius 2 is 1.60 bits per heavy atom. The molecule has 2 aromatic carbocycles. The van der Waals surface area contributed by atoms with Gasteiger partial charge in [0, 0.05) is 48.0 Å². The van der Waals surface area contributed by atoms with Gasteiger partial charge >= 0.3 is 6.03 Å². The number of carbonyl (C=O) groups excluding carboxylic acids is 1. The highest BCUT2D eigenvalue weighted by Gasteiger charge is 2.22. The molecule has 0 saturated heterocycles. The van der Waals surface area contributed by atoms with E-state index in [2.05, 4.69) is 86.1 Å². The number of likely N-dealkylation sites (N-methyl/N-ethyl adjacent to an activating group) is 1. The molecule has 4 rings (SSSR count). The third-order valence-electron chi connectivity index (χ3n) is 8.70. The molecule has 4 aromatic rings. The standard InChI is InChI=1S/C40H52N6O2/c1-8-11-25-46-38-34(21-15-23-42-38)35(31-18-12-16-30(27-31)17-14-22-41-24-26-45(9-2)10-3)37(39(46)47)44-40(48)43-36-32(28(4)5)19-13-20-33(36)29(6)7/h12-13,15-16,18-21,23,27-29,41H,8-11,22,24-26H2,1-7H3,(H2,43,44,48). The molecule has 0 spiro atoms. The van der Waals surface area contributed by atoms with Crippen molar-refractivity contribution in [1.82, 2.24) is 19.8 Å². The van der Waals surface area contributed by atoms with Crippen molar-refractivity contribution in [2.24, 2.45) is 0 Å². The lowest BCUT2D eigenvalue weighted by molar-refractivity contribution is 0.262. The molecular weight excluding hydrogens is 596 g/mol. The normalized spacial score (nSPS) is 11.3. The maximum Gasteiger partial charge on any atom is 0.323 e. The largest absolute Gasteiger partial charge is 0.323 e. The number of nitrogens with zero attached hydrogens (tertiary/aromatic N) is 3. The van der Waals surface area contributed by atoms with Gasteiger partial charge in [-0.2, -0.15) is 0 Å². The summed E-state index contributed by atoms with van der Waals surface area (Å²) in [6.45, 7) is 19.9. The van der Waals surface area contributed by atoms with Crippen LogP contribution in [0.5, 0.6) is 0 Å². The minimum Gasteiger partial charge on any atom is -0.307 e. The van der Waals surface area contributed by atoms with E-state index in [4.69, 9.17) is 0 Å². The van der Waals surface area contributed by atoms with Crippen LogP contribution in [0.4, 0.5) is 16.2 Å². The number of pyridine rings is 2. The fraction of sp³-hybridized carbons (Fsp3) is 0.425. The number of benzene rings is 2. The SMILES string of the molecule is CCCCn1c(=O)c(NC(=O)Nc2c(C(C)C)cccc2C(C)C)c(-c2cccc(C#CCNCCN(CC)CC)c2)c2cccnc21. The van der Waals surface area contributed by atoms with E-state index in [0.29, 0.717) is 24.3 Å². The summed E-state index contributed by atoms with van der Waals surface area (Å²) in [6, 6.07) is 17.3. The molecule has 8 nitrogen and oxygen atoms in total. The average Bonchev–Trinajstić information content (AvgIpc) is 3.08. The number of aromatic nitrogens is 2. The van der Waals surface area contributed by atoms with Gasteiger partial charge in [-0.05, 0) is 72.3 Å². The monoisotopic (exact) mass is 648 g/mol. The summed E-state index contributed by atoms with van der Waals surface area (Å²) in [5.74, 6) is 6.92. The maximum absolute atomic E-state index is 14.3. The first-order valence-corrected chi connectivity index (χ1v) is 17.4. The van der Waals surface area contributed by atoms with Crippen LogP contribution in [0, 0.1) is 11.8 Å². The molecule has 0 fully saturated rings. The van der Waals surface area contributed by atoms with Gasteiger partial charge in [-0.3, -0.25) is 9.36 Å². The van der Waals surface area contributed by atoms with Crippen molar-refractivity contribution >= 4 is 28.4 Å². The number of para-hydroxylation sites is 1. The molecule has 2 heterocycles. The van der Waals surface area contributed by atoms with Gasteiger partial charge in [-0.15, -0.1) is 0 Å². The number of unbranched alkanes of at least 4 members (excludes halogenated alkanes) is 1. The molecule has 0 aliphatic carbocycles. The van der Waals surface area contributed by atoms with E-state index in [0.717, 1.165) is 72.3 Å². The second-order valence-electron chi connectivity index (χ2n) is 12.7. The number of amides is 2. The molecule has 0 aliphatic heterocycles. The summed E-state index contributed by atoms with van der Waals surface area (Å²) in [7, 11) is 0. The first-order chi connectivity index (χ1) is 23.2. The van der Waals surface area contributed by atoms with Crippen LogP contribution < -0.4 is 21.5 Å². The lowest BCUT2D eigenvalue weighted by atomic mass is 9.93. The van der Waals surface area contributed by atoms with E-state index >= 15 is 0 Å². The summed E-state index contributed by atoms with van der Waals surface area (Å²) >= 11 is 0. The molecule has 0 aliphatic rings. The highest BCUT2D eigenvalue weighted by atomic mass is 16.2. The van der Waals surface area contributed by atoms with Gasteiger partial charge in [0.05, 0.1) is 6.54 Å².